The molecule has 3 aromatic rings. The monoisotopic (exact) mass is 533 g/mol. The Kier molecular flexibility index (Phi) is 8.73. The number of nitrogens with zero attached hydrogens (tertiary/aromatic N) is 2. The van der Waals surface area contributed by atoms with Gasteiger partial charge in [-0.1, -0.05) is 25.1 Å². The summed E-state index contributed by atoms with van der Waals surface area (Å²) in [5, 5.41) is 45.2. The molecule has 4 N–H and O–H groups in total. The van der Waals surface area contributed by atoms with E-state index in [1.807, 2.05) is 24.3 Å². The van der Waals surface area contributed by atoms with Gasteiger partial charge in [-0.15, -0.1) is 0 Å². The molecular formula is C30H35N3O6. The van der Waals surface area contributed by atoms with E-state index >= 15 is 0 Å². The van der Waals surface area contributed by atoms with E-state index in [-0.39, 0.29) is 5.57 Å². The number of nitrogens with one attached hydrogen (secondary N) is 1. The van der Waals surface area contributed by atoms with Crippen molar-refractivity contribution in [2.75, 3.05) is 18.0 Å². The zero-order chi connectivity index (χ0) is 28.3. The highest BCUT2D eigenvalue weighted by Gasteiger charge is 2.44. The van der Waals surface area contributed by atoms with Crippen LogP contribution in [0.2, 0.25) is 0 Å². The van der Waals surface area contributed by atoms with Gasteiger partial charge in [-0.05, 0) is 68.3 Å². The van der Waals surface area contributed by atoms with Gasteiger partial charge in [0.05, 0.1) is 6.10 Å². The zero-order valence-electron chi connectivity index (χ0n) is 22.6. The summed E-state index contributed by atoms with van der Waals surface area (Å²) >= 11 is 0. The Morgan fingerprint density at radius 2 is 1.69 bits per heavy atom. The average Bonchev–Trinajstić information content (AvgIpc) is 3.44. The third-order valence-electron chi connectivity index (χ3n) is 7.35. The average molecular weight is 534 g/mol. The van der Waals surface area contributed by atoms with Crippen LogP contribution < -0.4 is 10.2 Å². The van der Waals surface area contributed by atoms with Crippen LogP contribution in [-0.2, 0) is 9.53 Å². The van der Waals surface area contributed by atoms with E-state index in [0.717, 1.165) is 29.4 Å². The smallest absolute Gasteiger partial charge is 0.262 e. The second kappa shape index (κ2) is 12.0. The number of nitriles is 1. The molecular weight excluding hydrogens is 498 g/mol. The molecule has 9 heteroatoms. The van der Waals surface area contributed by atoms with Crippen molar-refractivity contribution < 1.29 is 29.3 Å². The fourth-order valence-electron chi connectivity index (χ4n) is 4.96. The number of fused-ring (bicyclic) bond motifs is 1. The first-order chi connectivity index (χ1) is 18.7. The Morgan fingerprint density at radius 3 is 2.36 bits per heavy atom. The van der Waals surface area contributed by atoms with Crippen LogP contribution in [0.4, 0.5) is 5.69 Å². The quantitative estimate of drug-likeness (QED) is 0.255. The van der Waals surface area contributed by atoms with Crippen LogP contribution in [0.25, 0.3) is 27.7 Å². The lowest BCUT2D eigenvalue weighted by atomic mass is 9.95. The molecule has 0 bridgehead atoms. The SMILES string of the molecule is CC[C@H]1OC(O)[C@H](NC(=O)/C(C#N)=C(\C)c2ccc(-c3ccc4cc(N(CC)CC)ccc4c3)o2)[C@@H](O)[C@@H]1O. The number of anilines is 1. The number of aliphatic hydroxyl groups excluding tert-OH is 3. The van der Waals surface area contributed by atoms with Crippen LogP contribution in [0.1, 0.15) is 39.9 Å². The summed E-state index contributed by atoms with van der Waals surface area (Å²) in [5.41, 5.74) is 2.07. The fraction of sp³-hybridized carbons (Fsp3) is 0.400. The van der Waals surface area contributed by atoms with Crippen molar-refractivity contribution in [2.24, 2.45) is 0 Å². The van der Waals surface area contributed by atoms with Crippen LogP contribution in [0.15, 0.2) is 58.5 Å². The molecule has 1 aromatic heterocycles. The lowest BCUT2D eigenvalue weighted by Gasteiger charge is -2.40. The third kappa shape index (κ3) is 5.70. The normalized spacial score (nSPS) is 23.7. The highest BCUT2D eigenvalue weighted by Crippen LogP contribution is 2.31. The molecule has 1 aliphatic heterocycles. The number of hydrogen-bond donors (Lipinski definition) is 4. The molecule has 4 rings (SSSR count). The number of ether oxygens (including phenoxy) is 1. The zero-order valence-corrected chi connectivity index (χ0v) is 22.6. The Bertz CT molecular complexity index is 1400. The minimum atomic E-state index is -1.54. The molecule has 1 saturated heterocycles. The molecule has 0 spiro atoms. The van der Waals surface area contributed by atoms with Crippen molar-refractivity contribution in [1.82, 2.24) is 5.32 Å². The maximum absolute atomic E-state index is 13.0. The number of benzene rings is 2. The number of carbonyl (C=O) groups is 1. The van der Waals surface area contributed by atoms with Gasteiger partial charge in [0.2, 0.25) is 0 Å². The summed E-state index contributed by atoms with van der Waals surface area (Å²) in [4.78, 5) is 15.2. The van der Waals surface area contributed by atoms with Gasteiger partial charge in [-0.3, -0.25) is 4.79 Å². The molecule has 1 unspecified atom stereocenters. The largest absolute Gasteiger partial charge is 0.456 e. The molecule has 0 radical (unpaired) electrons. The summed E-state index contributed by atoms with van der Waals surface area (Å²) in [6, 6.07) is 16.4. The van der Waals surface area contributed by atoms with Gasteiger partial charge in [0.15, 0.2) is 6.29 Å². The molecule has 9 nitrogen and oxygen atoms in total. The maximum Gasteiger partial charge on any atom is 0.262 e. The van der Waals surface area contributed by atoms with E-state index < -0.39 is 36.6 Å². The number of furan rings is 1. The number of carbonyl (C=O) groups excluding carboxylic acids is 1. The second-order valence-corrected chi connectivity index (χ2v) is 9.65. The van der Waals surface area contributed by atoms with E-state index in [1.165, 1.54) is 5.69 Å². The van der Waals surface area contributed by atoms with E-state index in [4.69, 9.17) is 9.15 Å². The highest BCUT2D eigenvalue weighted by molar-refractivity contribution is 6.04. The third-order valence-corrected chi connectivity index (χ3v) is 7.35. The Labute approximate surface area is 227 Å². The van der Waals surface area contributed by atoms with E-state index in [1.54, 1.807) is 26.0 Å². The van der Waals surface area contributed by atoms with Crippen LogP contribution in [0.5, 0.6) is 0 Å². The van der Waals surface area contributed by atoms with Crippen molar-refractivity contribution in [3.05, 3.63) is 59.9 Å². The molecule has 2 heterocycles. The first kappa shape index (κ1) is 28.3. The molecule has 5 atom stereocenters. The predicted octanol–water partition coefficient (Wildman–Crippen LogP) is 3.58. The van der Waals surface area contributed by atoms with Crippen LogP contribution >= 0.6 is 0 Å². The summed E-state index contributed by atoms with van der Waals surface area (Å²) in [6.45, 7) is 9.45. The number of hydrogen-bond acceptors (Lipinski definition) is 8. The van der Waals surface area contributed by atoms with Crippen molar-refractivity contribution >= 4 is 27.9 Å². The summed E-state index contributed by atoms with van der Waals surface area (Å²) < 4.78 is 11.3. The molecule has 206 valence electrons. The molecule has 0 saturated carbocycles. The number of rotatable bonds is 8. The van der Waals surface area contributed by atoms with Crippen molar-refractivity contribution in [2.45, 2.75) is 64.8 Å². The second-order valence-electron chi connectivity index (χ2n) is 9.65. The number of aliphatic hydroxyl groups is 3. The van der Waals surface area contributed by atoms with Gasteiger partial charge in [0.25, 0.3) is 5.91 Å². The Morgan fingerprint density at radius 1 is 1.00 bits per heavy atom. The predicted molar refractivity (Wildman–Crippen MR) is 149 cm³/mol. The molecule has 39 heavy (non-hydrogen) atoms. The number of allylic oxidation sites excluding steroid dienone is 1. The van der Waals surface area contributed by atoms with Gasteiger partial charge in [0.1, 0.15) is 41.4 Å². The van der Waals surface area contributed by atoms with Crippen molar-refractivity contribution in [1.29, 1.82) is 5.26 Å². The molecule has 0 aliphatic carbocycles. The topological polar surface area (TPSA) is 139 Å². The standard InChI is InChI=1S/C30H35N3O6/c1-5-23-27(34)28(35)26(30(37)39-23)32-29(36)22(16-31)17(4)24-12-13-25(38-24)20-9-8-19-15-21(33(6-2)7-3)11-10-18(19)14-20/h8-15,23,26-28,30,34-35,37H,5-7H2,1-4H3,(H,32,36)/b22-17+/t23-,26-,27-,28-,30?/m1/s1. The first-order valence-corrected chi connectivity index (χ1v) is 13.2. The Balaban J connectivity index is 1.55. The molecule has 2 aromatic carbocycles. The lowest BCUT2D eigenvalue weighted by Crippen LogP contribution is -2.63. The molecule has 1 fully saturated rings. The van der Waals surface area contributed by atoms with Gasteiger partial charge in [0, 0.05) is 29.9 Å². The minimum Gasteiger partial charge on any atom is -0.456 e. The summed E-state index contributed by atoms with van der Waals surface area (Å²) in [5.74, 6) is 0.0919. The molecule has 1 aliphatic rings. The van der Waals surface area contributed by atoms with Crippen molar-refractivity contribution in [3.63, 3.8) is 0 Å². The van der Waals surface area contributed by atoms with Crippen LogP contribution in [0.3, 0.4) is 0 Å². The van der Waals surface area contributed by atoms with Crippen molar-refractivity contribution in [3.8, 4) is 17.4 Å². The highest BCUT2D eigenvalue weighted by atomic mass is 16.6. The van der Waals surface area contributed by atoms with Gasteiger partial charge in [-0.25, -0.2) is 0 Å². The summed E-state index contributed by atoms with van der Waals surface area (Å²) in [7, 11) is 0. The number of amides is 1. The summed E-state index contributed by atoms with van der Waals surface area (Å²) in [6.07, 6.45) is -4.69. The first-order valence-electron chi connectivity index (χ1n) is 13.2. The Hall–Kier alpha value is -3.68. The van der Waals surface area contributed by atoms with Gasteiger partial charge < -0.3 is 34.7 Å². The minimum absolute atomic E-state index is 0.246. The fourth-order valence-corrected chi connectivity index (χ4v) is 4.96. The van der Waals surface area contributed by atoms with E-state index in [0.29, 0.717) is 23.5 Å². The van der Waals surface area contributed by atoms with E-state index in [9.17, 15) is 25.4 Å². The van der Waals surface area contributed by atoms with Gasteiger partial charge >= 0.3 is 0 Å². The van der Waals surface area contributed by atoms with Crippen LogP contribution in [-0.4, -0.2) is 65.0 Å². The van der Waals surface area contributed by atoms with E-state index in [2.05, 4.69) is 42.3 Å². The van der Waals surface area contributed by atoms with Crippen LogP contribution in [0, 0.1) is 11.3 Å². The maximum atomic E-state index is 13.0. The van der Waals surface area contributed by atoms with Gasteiger partial charge in [-0.2, -0.15) is 5.26 Å². The lowest BCUT2D eigenvalue weighted by molar-refractivity contribution is -0.247. The molecule has 1 amide bonds.